The molecule has 0 heterocycles. The second-order valence-electron chi connectivity index (χ2n) is 5.02. The van der Waals surface area contributed by atoms with E-state index in [1.54, 1.807) is 0 Å². The summed E-state index contributed by atoms with van der Waals surface area (Å²) in [5.74, 6) is -0.701. The number of amides is 1. The number of nitrogens with zero attached hydrogens (tertiary/aromatic N) is 1. The Morgan fingerprint density at radius 2 is 1.45 bits per heavy atom. The number of hydrogen-bond acceptors (Lipinski definition) is 5. The molecule has 22 heavy (non-hydrogen) atoms. The van der Waals surface area contributed by atoms with Crippen molar-refractivity contribution in [2.75, 3.05) is 32.0 Å². The first-order valence-corrected chi connectivity index (χ1v) is 10.4. The molecule has 8 N–H and O–H groups in total. The average Bonchev–Trinajstić information content (AvgIpc) is 2.33. The van der Waals surface area contributed by atoms with Crippen LogP contribution >= 0.6 is 15.2 Å². The van der Waals surface area contributed by atoms with Gasteiger partial charge in [-0.2, -0.15) is 0 Å². The topological polar surface area (TPSA) is 187 Å². The molecule has 0 bridgehead atoms. The van der Waals surface area contributed by atoms with Gasteiger partial charge in [0.2, 0.25) is 5.91 Å². The molecule has 0 aliphatic rings. The quantitative estimate of drug-likeness (QED) is 0.180. The Morgan fingerprint density at radius 1 is 1.00 bits per heavy atom. The summed E-state index contributed by atoms with van der Waals surface area (Å²) in [6.45, 7) is 0.0669. The van der Waals surface area contributed by atoms with E-state index < -0.39 is 39.5 Å². The first-order chi connectivity index (χ1) is 9.96. The molecule has 10 nitrogen and oxygen atoms in total. The van der Waals surface area contributed by atoms with Crippen LogP contribution in [0.4, 0.5) is 0 Å². The summed E-state index contributed by atoms with van der Waals surface area (Å²) >= 11 is 0. The van der Waals surface area contributed by atoms with Crippen LogP contribution in [0.1, 0.15) is 19.3 Å². The molecule has 0 aliphatic carbocycles. The van der Waals surface area contributed by atoms with E-state index in [2.05, 4.69) is 0 Å². The molecule has 0 radical (unpaired) electrons. The van der Waals surface area contributed by atoms with Crippen LogP contribution in [-0.2, 0) is 13.9 Å². The number of nitrogens with two attached hydrogens (primary N) is 2. The zero-order chi connectivity index (χ0) is 17.4. The summed E-state index contributed by atoms with van der Waals surface area (Å²) in [7, 11) is -8.59. The average molecular weight is 361 g/mol. The molecule has 1 amide bonds. The SMILES string of the molecule is NCCCCC(C(N)=O)N(CCP(=O)(O)O)CCP(=O)(O)O. The Morgan fingerprint density at radius 3 is 1.77 bits per heavy atom. The third-order valence-electron chi connectivity index (χ3n) is 3.06. The van der Waals surface area contributed by atoms with E-state index in [9.17, 15) is 13.9 Å². The predicted octanol–water partition coefficient (Wildman–Crippen LogP) is -1.37. The van der Waals surface area contributed by atoms with Gasteiger partial charge in [-0.05, 0) is 19.4 Å². The summed E-state index contributed by atoms with van der Waals surface area (Å²) in [6.07, 6.45) is 0.500. The summed E-state index contributed by atoms with van der Waals surface area (Å²) < 4.78 is 21.9. The Bertz CT molecular complexity index is 410. The molecule has 0 aromatic heterocycles. The maximum Gasteiger partial charge on any atom is 0.326 e. The van der Waals surface area contributed by atoms with Gasteiger partial charge in [0.1, 0.15) is 0 Å². The number of hydrogen-bond donors (Lipinski definition) is 6. The predicted molar refractivity (Wildman–Crippen MR) is 81.3 cm³/mol. The minimum absolute atomic E-state index is 0.180. The first-order valence-electron chi connectivity index (χ1n) is 6.79. The van der Waals surface area contributed by atoms with Gasteiger partial charge in [0.05, 0.1) is 18.4 Å². The maximum absolute atomic E-state index is 11.5. The van der Waals surface area contributed by atoms with E-state index >= 15 is 0 Å². The van der Waals surface area contributed by atoms with Crippen LogP contribution in [0.3, 0.4) is 0 Å². The van der Waals surface area contributed by atoms with Crippen LogP contribution in [0.15, 0.2) is 0 Å². The molecule has 132 valence electrons. The van der Waals surface area contributed by atoms with Crippen LogP contribution in [0.25, 0.3) is 0 Å². The van der Waals surface area contributed by atoms with Crippen molar-refractivity contribution in [1.82, 2.24) is 4.90 Å². The van der Waals surface area contributed by atoms with E-state index in [1.807, 2.05) is 0 Å². The zero-order valence-electron chi connectivity index (χ0n) is 12.2. The van der Waals surface area contributed by atoms with Gasteiger partial charge in [0.25, 0.3) is 0 Å². The number of rotatable bonds is 12. The highest BCUT2D eigenvalue weighted by Crippen LogP contribution is 2.36. The number of primary amides is 1. The zero-order valence-corrected chi connectivity index (χ0v) is 14.0. The van der Waals surface area contributed by atoms with Gasteiger partial charge in [-0.15, -0.1) is 0 Å². The van der Waals surface area contributed by atoms with E-state index in [4.69, 9.17) is 31.0 Å². The van der Waals surface area contributed by atoms with Gasteiger partial charge >= 0.3 is 15.2 Å². The maximum atomic E-state index is 11.5. The lowest BCUT2D eigenvalue weighted by molar-refractivity contribution is -0.123. The molecular weight excluding hydrogens is 336 g/mol. The van der Waals surface area contributed by atoms with Crippen molar-refractivity contribution in [3.05, 3.63) is 0 Å². The molecule has 1 unspecified atom stereocenters. The fourth-order valence-electron chi connectivity index (χ4n) is 1.93. The first kappa shape index (κ1) is 21.7. The highest BCUT2D eigenvalue weighted by molar-refractivity contribution is 7.52. The largest absolute Gasteiger partial charge is 0.368 e. The molecule has 0 saturated heterocycles. The molecule has 0 fully saturated rings. The van der Waals surface area contributed by atoms with E-state index in [-0.39, 0.29) is 13.1 Å². The van der Waals surface area contributed by atoms with Gasteiger partial charge in [0.15, 0.2) is 0 Å². The van der Waals surface area contributed by atoms with Gasteiger partial charge < -0.3 is 31.0 Å². The van der Waals surface area contributed by atoms with E-state index in [1.165, 1.54) is 4.90 Å². The molecule has 0 saturated carbocycles. The summed E-state index contributed by atoms with van der Waals surface area (Å²) in [4.78, 5) is 48.6. The minimum atomic E-state index is -4.29. The third-order valence-corrected chi connectivity index (χ3v) is 4.62. The van der Waals surface area contributed by atoms with Gasteiger partial charge in [-0.3, -0.25) is 18.8 Å². The Hall–Kier alpha value is -0.310. The van der Waals surface area contributed by atoms with Gasteiger partial charge in [-0.25, -0.2) is 0 Å². The monoisotopic (exact) mass is 361 g/mol. The van der Waals surface area contributed by atoms with Crippen molar-refractivity contribution < 1.29 is 33.5 Å². The normalized spacial score (nSPS) is 14.3. The second-order valence-corrected chi connectivity index (χ2v) is 8.57. The van der Waals surface area contributed by atoms with Gasteiger partial charge in [0, 0.05) is 13.1 Å². The Labute approximate surface area is 129 Å². The van der Waals surface area contributed by atoms with Crippen molar-refractivity contribution >= 4 is 21.1 Å². The van der Waals surface area contributed by atoms with Crippen LogP contribution in [0.2, 0.25) is 0 Å². The molecule has 1 atom stereocenters. The standard InChI is InChI=1S/C10H25N3O7P2/c11-4-2-1-3-9(10(12)14)13(5-7-21(15,16)17)6-8-22(18,19)20/h9H,1-8,11H2,(H2,12,14)(H2,15,16,17)(H2,18,19,20). The molecule has 0 spiro atoms. The van der Waals surface area contributed by atoms with Crippen LogP contribution < -0.4 is 11.5 Å². The lowest BCUT2D eigenvalue weighted by atomic mass is 10.1. The Kier molecular flexibility index (Phi) is 9.61. The second kappa shape index (κ2) is 9.75. The number of unbranched alkanes of at least 4 members (excludes halogenated alkanes) is 1. The minimum Gasteiger partial charge on any atom is -0.368 e. The van der Waals surface area contributed by atoms with Crippen LogP contribution in [0.5, 0.6) is 0 Å². The smallest absolute Gasteiger partial charge is 0.326 e. The van der Waals surface area contributed by atoms with Crippen molar-refractivity contribution in [1.29, 1.82) is 0 Å². The lowest BCUT2D eigenvalue weighted by Gasteiger charge is -2.29. The molecule has 12 heteroatoms. The van der Waals surface area contributed by atoms with Crippen LogP contribution in [0, 0.1) is 0 Å². The van der Waals surface area contributed by atoms with Crippen molar-refractivity contribution in [2.45, 2.75) is 25.3 Å². The van der Waals surface area contributed by atoms with E-state index in [0.29, 0.717) is 25.8 Å². The van der Waals surface area contributed by atoms with Crippen molar-refractivity contribution in [3.8, 4) is 0 Å². The fraction of sp³-hybridized carbons (Fsp3) is 0.900. The van der Waals surface area contributed by atoms with Gasteiger partial charge in [-0.1, -0.05) is 6.42 Å². The molecule has 0 aromatic carbocycles. The fourth-order valence-corrected chi connectivity index (χ4v) is 2.96. The molecule has 0 aliphatic heterocycles. The van der Waals surface area contributed by atoms with Crippen molar-refractivity contribution in [2.24, 2.45) is 11.5 Å². The molecule has 0 rings (SSSR count). The third kappa shape index (κ3) is 11.3. The van der Waals surface area contributed by atoms with E-state index in [0.717, 1.165) is 0 Å². The highest BCUT2D eigenvalue weighted by atomic mass is 31.2. The number of carbonyl (C=O) groups is 1. The lowest BCUT2D eigenvalue weighted by Crippen LogP contribution is -2.47. The Balaban J connectivity index is 4.91. The highest BCUT2D eigenvalue weighted by Gasteiger charge is 2.27. The summed E-state index contributed by atoms with van der Waals surface area (Å²) in [6, 6.07) is -0.843. The summed E-state index contributed by atoms with van der Waals surface area (Å²) in [5.41, 5.74) is 10.7. The number of carbonyl (C=O) groups excluding carboxylic acids is 1. The molecular formula is C10H25N3O7P2. The van der Waals surface area contributed by atoms with Crippen LogP contribution in [-0.4, -0.2) is 68.4 Å². The molecule has 0 aromatic rings. The summed E-state index contributed by atoms with van der Waals surface area (Å²) in [5, 5.41) is 0. The van der Waals surface area contributed by atoms with Crippen molar-refractivity contribution in [3.63, 3.8) is 0 Å².